The largest absolute Gasteiger partial charge is 0.352 e. The zero-order valence-electron chi connectivity index (χ0n) is 7.64. The molecule has 0 aliphatic carbocycles. The Kier molecular flexibility index (Phi) is 3.82. The fourth-order valence-electron chi connectivity index (χ4n) is 1.01. The Morgan fingerprint density at radius 2 is 1.40 bits per heavy atom. The third kappa shape index (κ3) is 2.90. The van der Waals surface area contributed by atoms with E-state index in [1.165, 1.54) is 25.1 Å². The standard InChI is InChI=1S/C9H8Cl4O2/c1-8(12,9(13,14)15)5-2-6(10)4-7(11)3-5/h2-4,14-15H,1H3. The van der Waals surface area contributed by atoms with E-state index in [-0.39, 0.29) is 0 Å². The molecule has 1 atom stereocenters. The number of aliphatic hydroxyl groups is 2. The summed E-state index contributed by atoms with van der Waals surface area (Å²) < 4.78 is 0. The van der Waals surface area contributed by atoms with Gasteiger partial charge in [0.1, 0.15) is 4.87 Å². The lowest BCUT2D eigenvalue weighted by Crippen LogP contribution is -2.40. The average Bonchev–Trinajstić information content (AvgIpc) is 1.99. The Balaban J connectivity index is 3.27. The number of rotatable bonds is 2. The molecule has 15 heavy (non-hydrogen) atoms. The molecule has 0 aromatic heterocycles. The minimum Gasteiger partial charge on any atom is -0.352 e. The van der Waals surface area contributed by atoms with Crippen LogP contribution in [0, 0.1) is 0 Å². The Bertz CT molecular complexity index is 351. The van der Waals surface area contributed by atoms with Gasteiger partial charge in [-0.2, -0.15) is 0 Å². The van der Waals surface area contributed by atoms with Crippen LogP contribution in [0.25, 0.3) is 0 Å². The molecule has 0 amide bonds. The number of hydrogen-bond donors (Lipinski definition) is 2. The van der Waals surface area contributed by atoms with Gasteiger partial charge in [0.2, 0.25) is 0 Å². The van der Waals surface area contributed by atoms with Crippen LogP contribution in [0.3, 0.4) is 0 Å². The van der Waals surface area contributed by atoms with Gasteiger partial charge in [-0.15, -0.1) is 11.6 Å². The molecule has 0 heterocycles. The van der Waals surface area contributed by atoms with Crippen molar-refractivity contribution in [2.24, 2.45) is 0 Å². The summed E-state index contributed by atoms with van der Waals surface area (Å²) in [5.74, 6) is 0. The highest BCUT2D eigenvalue weighted by Gasteiger charge is 2.44. The quantitative estimate of drug-likeness (QED) is 0.648. The highest BCUT2D eigenvalue weighted by molar-refractivity contribution is 6.36. The maximum absolute atomic E-state index is 9.28. The van der Waals surface area contributed by atoms with Crippen molar-refractivity contribution in [2.45, 2.75) is 17.0 Å². The van der Waals surface area contributed by atoms with Crippen LogP contribution in [0.1, 0.15) is 12.5 Å². The zero-order chi connectivity index (χ0) is 11.9. The van der Waals surface area contributed by atoms with Gasteiger partial charge in [0.25, 0.3) is 5.25 Å². The van der Waals surface area contributed by atoms with E-state index >= 15 is 0 Å². The second kappa shape index (κ2) is 4.28. The molecule has 0 fully saturated rings. The fourth-order valence-corrected chi connectivity index (χ4v) is 1.75. The van der Waals surface area contributed by atoms with E-state index in [9.17, 15) is 10.2 Å². The van der Waals surface area contributed by atoms with Gasteiger partial charge in [-0.05, 0) is 30.7 Å². The van der Waals surface area contributed by atoms with Gasteiger partial charge in [-0.25, -0.2) is 0 Å². The van der Waals surface area contributed by atoms with Crippen LogP contribution in [-0.2, 0) is 4.87 Å². The van der Waals surface area contributed by atoms with Crippen LogP contribution in [0.15, 0.2) is 18.2 Å². The highest BCUT2D eigenvalue weighted by atomic mass is 35.5. The normalized spacial score (nSPS) is 16.2. The first-order chi connectivity index (χ1) is 6.64. The van der Waals surface area contributed by atoms with E-state index in [0.717, 1.165) is 0 Å². The topological polar surface area (TPSA) is 40.5 Å². The van der Waals surface area contributed by atoms with Gasteiger partial charge in [0, 0.05) is 10.0 Å². The lowest BCUT2D eigenvalue weighted by atomic mass is 9.99. The number of halogens is 4. The van der Waals surface area contributed by atoms with Crippen LogP contribution in [-0.4, -0.2) is 15.5 Å². The van der Waals surface area contributed by atoms with Crippen molar-refractivity contribution in [1.29, 1.82) is 0 Å². The molecular formula is C9H8Cl4O2. The second-order valence-electron chi connectivity index (χ2n) is 3.25. The summed E-state index contributed by atoms with van der Waals surface area (Å²) in [6.45, 7) is 1.35. The maximum Gasteiger partial charge on any atom is 0.267 e. The van der Waals surface area contributed by atoms with Crippen molar-refractivity contribution in [3.8, 4) is 0 Å². The van der Waals surface area contributed by atoms with Gasteiger partial charge < -0.3 is 10.2 Å². The third-order valence-corrected chi connectivity index (χ3v) is 3.39. The molecule has 2 N–H and O–H groups in total. The molecule has 0 aliphatic rings. The smallest absolute Gasteiger partial charge is 0.267 e. The summed E-state index contributed by atoms with van der Waals surface area (Å²) in [4.78, 5) is -1.61. The summed E-state index contributed by atoms with van der Waals surface area (Å²) >= 11 is 22.8. The Morgan fingerprint density at radius 1 is 1.00 bits per heavy atom. The summed E-state index contributed by atoms with van der Waals surface area (Å²) in [6.07, 6.45) is 0. The molecule has 84 valence electrons. The van der Waals surface area contributed by atoms with Crippen LogP contribution < -0.4 is 0 Å². The van der Waals surface area contributed by atoms with E-state index in [4.69, 9.17) is 46.4 Å². The molecule has 2 nitrogen and oxygen atoms in total. The zero-order valence-corrected chi connectivity index (χ0v) is 10.7. The van der Waals surface area contributed by atoms with Crippen molar-refractivity contribution in [2.75, 3.05) is 0 Å². The minimum absolute atomic E-state index is 0.321. The van der Waals surface area contributed by atoms with Gasteiger partial charge in [-0.1, -0.05) is 34.8 Å². The number of benzene rings is 1. The Morgan fingerprint density at radius 3 is 1.73 bits per heavy atom. The van der Waals surface area contributed by atoms with E-state index in [1.54, 1.807) is 0 Å². The van der Waals surface area contributed by atoms with E-state index < -0.39 is 10.1 Å². The second-order valence-corrected chi connectivity index (χ2v) is 5.40. The molecular weight excluding hydrogens is 282 g/mol. The molecule has 1 rings (SSSR count). The predicted octanol–water partition coefficient (Wildman–Crippen LogP) is 3.32. The molecule has 1 unspecified atom stereocenters. The molecule has 0 radical (unpaired) electrons. The Labute approximate surface area is 107 Å². The summed E-state index contributed by atoms with van der Waals surface area (Å²) in [6, 6.07) is 4.43. The van der Waals surface area contributed by atoms with Crippen molar-refractivity contribution >= 4 is 46.4 Å². The van der Waals surface area contributed by atoms with Gasteiger partial charge in [0.05, 0.1) is 0 Å². The molecule has 1 aromatic rings. The van der Waals surface area contributed by atoms with Crippen molar-refractivity contribution < 1.29 is 10.2 Å². The first-order valence-corrected chi connectivity index (χ1v) is 5.45. The van der Waals surface area contributed by atoms with Crippen molar-refractivity contribution in [1.82, 2.24) is 0 Å². The monoisotopic (exact) mass is 288 g/mol. The van der Waals surface area contributed by atoms with Gasteiger partial charge in [0.15, 0.2) is 0 Å². The molecule has 0 spiro atoms. The van der Waals surface area contributed by atoms with E-state index in [2.05, 4.69) is 0 Å². The van der Waals surface area contributed by atoms with Gasteiger partial charge >= 0.3 is 0 Å². The van der Waals surface area contributed by atoms with E-state index in [0.29, 0.717) is 15.6 Å². The minimum atomic E-state index is -2.59. The molecule has 1 aromatic carbocycles. The highest BCUT2D eigenvalue weighted by Crippen LogP contribution is 2.42. The number of alkyl halides is 2. The predicted molar refractivity (Wildman–Crippen MR) is 62.7 cm³/mol. The van der Waals surface area contributed by atoms with Crippen LogP contribution >= 0.6 is 46.4 Å². The first-order valence-electron chi connectivity index (χ1n) is 3.94. The molecule has 0 saturated carbocycles. The fraction of sp³-hybridized carbons (Fsp3) is 0.333. The lowest BCUT2D eigenvalue weighted by molar-refractivity contribution is -0.113. The van der Waals surface area contributed by atoms with E-state index in [1.807, 2.05) is 0 Å². The summed E-state index contributed by atoms with van der Waals surface area (Å²) in [5, 5.41) is 16.6. The molecule has 0 aliphatic heterocycles. The van der Waals surface area contributed by atoms with Gasteiger partial charge in [-0.3, -0.25) is 0 Å². The lowest BCUT2D eigenvalue weighted by Gasteiger charge is -2.31. The van der Waals surface area contributed by atoms with Crippen LogP contribution in [0.4, 0.5) is 0 Å². The van der Waals surface area contributed by atoms with Crippen molar-refractivity contribution in [3.05, 3.63) is 33.8 Å². The summed E-state index contributed by atoms with van der Waals surface area (Å²) in [5.41, 5.74) is 0.321. The van der Waals surface area contributed by atoms with Crippen LogP contribution in [0.2, 0.25) is 10.0 Å². The number of hydrogen-bond acceptors (Lipinski definition) is 2. The molecule has 0 saturated heterocycles. The Hall–Kier alpha value is 0.300. The van der Waals surface area contributed by atoms with Crippen molar-refractivity contribution in [3.63, 3.8) is 0 Å². The van der Waals surface area contributed by atoms with Crippen LogP contribution in [0.5, 0.6) is 0 Å². The summed E-state index contributed by atoms with van der Waals surface area (Å²) in [7, 11) is 0. The third-order valence-electron chi connectivity index (χ3n) is 2.00. The average molecular weight is 290 g/mol. The molecule has 6 heteroatoms. The SMILES string of the molecule is CC(Cl)(c1cc(Cl)cc(Cl)c1)C(O)(O)Cl. The molecule has 0 bridgehead atoms. The first kappa shape index (κ1) is 13.4. The maximum atomic E-state index is 9.28.